The first-order valence-electron chi connectivity index (χ1n) is 6.72. The molecule has 0 bridgehead atoms. The second-order valence-electron chi connectivity index (χ2n) is 4.98. The molecule has 0 amide bonds. The van der Waals surface area contributed by atoms with E-state index >= 15 is 0 Å². The number of hydrogen-bond donors (Lipinski definition) is 1. The normalized spacial score (nSPS) is 12.5. The Morgan fingerprint density at radius 2 is 2.05 bits per heavy atom. The molecule has 1 rings (SSSR count). The van der Waals surface area contributed by atoms with Crippen LogP contribution in [-0.4, -0.2) is 45.4 Å². The van der Waals surface area contributed by atoms with Crippen LogP contribution < -0.4 is 10.1 Å². The highest BCUT2D eigenvalue weighted by Crippen LogP contribution is 2.26. The standard InChI is InChI=1S/C15H26N2O2/c1-6-19-11-12(2)16-14-9-13(10-17(3)4)7-8-15(14)18-5/h7-9,12,16H,6,10-11H2,1-5H3. The minimum atomic E-state index is 0.253. The lowest BCUT2D eigenvalue weighted by Crippen LogP contribution is -2.22. The van der Waals surface area contributed by atoms with Gasteiger partial charge in [0.1, 0.15) is 5.75 Å². The highest BCUT2D eigenvalue weighted by atomic mass is 16.5. The van der Waals surface area contributed by atoms with Crippen LogP contribution in [0.4, 0.5) is 5.69 Å². The summed E-state index contributed by atoms with van der Waals surface area (Å²) in [6.07, 6.45) is 0. The molecule has 0 aliphatic carbocycles. The van der Waals surface area contributed by atoms with Gasteiger partial charge in [0.2, 0.25) is 0 Å². The molecule has 0 aliphatic rings. The Bertz CT molecular complexity index is 380. The number of nitrogens with zero attached hydrogens (tertiary/aromatic N) is 1. The van der Waals surface area contributed by atoms with Crippen molar-refractivity contribution in [3.05, 3.63) is 23.8 Å². The average Bonchev–Trinajstić information content (AvgIpc) is 2.36. The van der Waals surface area contributed by atoms with Crippen LogP contribution in [0.3, 0.4) is 0 Å². The minimum Gasteiger partial charge on any atom is -0.495 e. The van der Waals surface area contributed by atoms with Gasteiger partial charge >= 0.3 is 0 Å². The summed E-state index contributed by atoms with van der Waals surface area (Å²) in [4.78, 5) is 2.15. The smallest absolute Gasteiger partial charge is 0.141 e. The van der Waals surface area contributed by atoms with Crippen LogP contribution in [0.2, 0.25) is 0 Å². The van der Waals surface area contributed by atoms with Crippen molar-refractivity contribution in [3.63, 3.8) is 0 Å². The fourth-order valence-electron chi connectivity index (χ4n) is 1.93. The van der Waals surface area contributed by atoms with Crippen LogP contribution in [0.15, 0.2) is 18.2 Å². The topological polar surface area (TPSA) is 33.7 Å². The van der Waals surface area contributed by atoms with Gasteiger partial charge in [0, 0.05) is 19.2 Å². The highest BCUT2D eigenvalue weighted by molar-refractivity contribution is 5.58. The largest absolute Gasteiger partial charge is 0.495 e. The lowest BCUT2D eigenvalue weighted by atomic mass is 10.1. The fourth-order valence-corrected chi connectivity index (χ4v) is 1.93. The van der Waals surface area contributed by atoms with Crippen LogP contribution in [0.1, 0.15) is 19.4 Å². The van der Waals surface area contributed by atoms with Crippen LogP contribution in [0, 0.1) is 0 Å². The van der Waals surface area contributed by atoms with E-state index in [-0.39, 0.29) is 6.04 Å². The molecular formula is C15H26N2O2. The molecule has 1 unspecified atom stereocenters. The molecule has 0 spiro atoms. The molecule has 0 heterocycles. The van der Waals surface area contributed by atoms with E-state index in [1.165, 1.54) is 5.56 Å². The minimum absolute atomic E-state index is 0.253. The van der Waals surface area contributed by atoms with Crippen LogP contribution >= 0.6 is 0 Å². The summed E-state index contributed by atoms with van der Waals surface area (Å²) >= 11 is 0. The van der Waals surface area contributed by atoms with Crippen molar-refractivity contribution >= 4 is 5.69 Å². The van der Waals surface area contributed by atoms with Crippen molar-refractivity contribution in [2.75, 3.05) is 39.7 Å². The van der Waals surface area contributed by atoms with E-state index in [1.54, 1.807) is 7.11 Å². The third-order valence-electron chi connectivity index (χ3n) is 2.74. The van der Waals surface area contributed by atoms with E-state index in [2.05, 4.69) is 43.4 Å². The molecule has 4 nitrogen and oxygen atoms in total. The molecule has 1 aromatic rings. The third kappa shape index (κ3) is 5.49. The van der Waals surface area contributed by atoms with Crippen molar-refractivity contribution in [2.24, 2.45) is 0 Å². The zero-order valence-corrected chi connectivity index (χ0v) is 12.7. The summed E-state index contributed by atoms with van der Waals surface area (Å²) in [5.41, 5.74) is 2.28. The predicted molar refractivity (Wildman–Crippen MR) is 80.0 cm³/mol. The first-order valence-corrected chi connectivity index (χ1v) is 6.72. The van der Waals surface area contributed by atoms with Gasteiger partial charge < -0.3 is 19.7 Å². The average molecular weight is 266 g/mol. The Morgan fingerprint density at radius 3 is 2.63 bits per heavy atom. The number of anilines is 1. The molecule has 1 atom stereocenters. The summed E-state index contributed by atoms with van der Waals surface area (Å²) in [6.45, 7) is 6.46. The lowest BCUT2D eigenvalue weighted by molar-refractivity contribution is 0.141. The van der Waals surface area contributed by atoms with Gasteiger partial charge in [-0.25, -0.2) is 0 Å². The Balaban J connectivity index is 2.77. The summed E-state index contributed by atoms with van der Waals surface area (Å²) < 4.78 is 10.8. The molecule has 19 heavy (non-hydrogen) atoms. The second-order valence-corrected chi connectivity index (χ2v) is 4.98. The maximum atomic E-state index is 5.42. The maximum Gasteiger partial charge on any atom is 0.141 e. The summed E-state index contributed by atoms with van der Waals surface area (Å²) in [5, 5.41) is 3.44. The second kappa shape index (κ2) is 8.02. The van der Waals surface area contributed by atoms with Gasteiger partial charge in [-0.15, -0.1) is 0 Å². The van der Waals surface area contributed by atoms with Gasteiger partial charge in [-0.2, -0.15) is 0 Å². The van der Waals surface area contributed by atoms with Gasteiger partial charge in [0.05, 0.1) is 19.4 Å². The zero-order valence-electron chi connectivity index (χ0n) is 12.7. The first kappa shape index (κ1) is 15.8. The summed E-state index contributed by atoms with van der Waals surface area (Å²) in [6, 6.07) is 6.50. The van der Waals surface area contributed by atoms with E-state index in [4.69, 9.17) is 9.47 Å². The van der Waals surface area contributed by atoms with E-state index in [0.29, 0.717) is 6.61 Å². The van der Waals surface area contributed by atoms with E-state index in [9.17, 15) is 0 Å². The lowest BCUT2D eigenvalue weighted by Gasteiger charge is -2.19. The van der Waals surface area contributed by atoms with Crippen molar-refractivity contribution in [3.8, 4) is 5.75 Å². The Kier molecular flexibility index (Phi) is 6.67. The van der Waals surface area contributed by atoms with Gasteiger partial charge in [0.15, 0.2) is 0 Å². The molecule has 0 aliphatic heterocycles. The SMILES string of the molecule is CCOCC(C)Nc1cc(CN(C)C)ccc1OC. The number of hydrogen-bond acceptors (Lipinski definition) is 4. The molecule has 4 heteroatoms. The van der Waals surface area contributed by atoms with E-state index in [0.717, 1.165) is 24.6 Å². The number of methoxy groups -OCH3 is 1. The molecule has 1 aromatic carbocycles. The Hall–Kier alpha value is -1.26. The number of ether oxygens (including phenoxy) is 2. The van der Waals surface area contributed by atoms with Gasteiger partial charge in [-0.05, 0) is 45.6 Å². The fraction of sp³-hybridized carbons (Fsp3) is 0.600. The molecule has 0 aromatic heterocycles. The van der Waals surface area contributed by atoms with Crippen molar-refractivity contribution in [1.82, 2.24) is 4.90 Å². The van der Waals surface area contributed by atoms with Gasteiger partial charge in [-0.3, -0.25) is 0 Å². The molecule has 108 valence electrons. The quantitative estimate of drug-likeness (QED) is 0.784. The van der Waals surface area contributed by atoms with Crippen LogP contribution in [0.25, 0.3) is 0 Å². The number of rotatable bonds is 8. The van der Waals surface area contributed by atoms with E-state index in [1.807, 2.05) is 13.0 Å². The zero-order chi connectivity index (χ0) is 14.3. The third-order valence-corrected chi connectivity index (χ3v) is 2.74. The van der Waals surface area contributed by atoms with Gasteiger partial charge in [-0.1, -0.05) is 6.07 Å². The summed E-state index contributed by atoms with van der Waals surface area (Å²) in [7, 11) is 5.82. The monoisotopic (exact) mass is 266 g/mol. The molecular weight excluding hydrogens is 240 g/mol. The molecule has 1 N–H and O–H groups in total. The van der Waals surface area contributed by atoms with Crippen LogP contribution in [0.5, 0.6) is 5.75 Å². The molecule has 0 radical (unpaired) electrons. The van der Waals surface area contributed by atoms with Crippen molar-refractivity contribution in [2.45, 2.75) is 26.4 Å². The summed E-state index contributed by atoms with van der Waals surface area (Å²) in [5.74, 6) is 0.867. The first-order chi connectivity index (χ1) is 9.06. The van der Waals surface area contributed by atoms with E-state index < -0.39 is 0 Å². The van der Waals surface area contributed by atoms with Crippen LogP contribution in [-0.2, 0) is 11.3 Å². The predicted octanol–water partition coefficient (Wildman–Crippen LogP) is 2.59. The van der Waals surface area contributed by atoms with Crippen molar-refractivity contribution in [1.29, 1.82) is 0 Å². The van der Waals surface area contributed by atoms with Gasteiger partial charge in [0.25, 0.3) is 0 Å². The van der Waals surface area contributed by atoms with Crippen molar-refractivity contribution < 1.29 is 9.47 Å². The highest BCUT2D eigenvalue weighted by Gasteiger charge is 2.08. The molecule has 0 saturated heterocycles. The number of nitrogens with one attached hydrogen (secondary N) is 1. The Morgan fingerprint density at radius 1 is 1.32 bits per heavy atom. The molecule has 0 saturated carbocycles. The Labute approximate surface area is 116 Å². The molecule has 0 fully saturated rings. The number of benzene rings is 1. The maximum absolute atomic E-state index is 5.42.